The van der Waals surface area contributed by atoms with Crippen LogP contribution >= 0.6 is 23.4 Å². The zero-order chi connectivity index (χ0) is 21.8. The fourth-order valence-corrected chi connectivity index (χ4v) is 5.06. The summed E-state index contributed by atoms with van der Waals surface area (Å²) in [6.45, 7) is 6.69. The van der Waals surface area contributed by atoms with Gasteiger partial charge in [-0.25, -0.2) is 4.79 Å². The topological polar surface area (TPSA) is 76.5 Å². The first-order chi connectivity index (χ1) is 15.0. The van der Waals surface area contributed by atoms with E-state index in [1.54, 1.807) is 6.07 Å². The van der Waals surface area contributed by atoms with Gasteiger partial charge in [0.2, 0.25) is 5.91 Å². The third kappa shape index (κ3) is 5.49. The van der Waals surface area contributed by atoms with E-state index in [1.807, 2.05) is 23.6 Å². The van der Waals surface area contributed by atoms with Gasteiger partial charge in [-0.2, -0.15) is 4.98 Å². The Morgan fingerprint density at radius 1 is 1.26 bits per heavy atom. The van der Waals surface area contributed by atoms with Crippen LogP contribution in [0, 0.1) is 6.92 Å². The van der Waals surface area contributed by atoms with E-state index in [0.29, 0.717) is 22.3 Å². The summed E-state index contributed by atoms with van der Waals surface area (Å²) in [5.74, 6) is 0.0530. The molecule has 2 aromatic rings. The number of thioether (sulfide) groups is 1. The molecule has 0 unspecified atom stereocenters. The smallest absolute Gasteiger partial charge is 0.348 e. The van der Waals surface area contributed by atoms with Crippen LogP contribution in [0.3, 0.4) is 0 Å². The molecule has 0 radical (unpaired) electrons. The molecule has 1 N–H and O–H groups in total. The molecule has 31 heavy (non-hydrogen) atoms. The lowest BCUT2D eigenvalue weighted by Gasteiger charge is -2.27. The molecule has 2 aliphatic rings. The van der Waals surface area contributed by atoms with E-state index < -0.39 is 0 Å². The number of halogens is 1. The van der Waals surface area contributed by atoms with E-state index in [2.05, 4.69) is 15.2 Å². The number of rotatable bonds is 7. The quantitative estimate of drug-likeness (QED) is 0.503. The number of anilines is 1. The third-order valence-corrected chi connectivity index (χ3v) is 7.16. The van der Waals surface area contributed by atoms with Gasteiger partial charge in [0.1, 0.15) is 5.03 Å². The highest BCUT2D eigenvalue weighted by Crippen LogP contribution is 2.29. The molecule has 0 atom stereocenters. The summed E-state index contributed by atoms with van der Waals surface area (Å²) in [7, 11) is 0. The molecule has 1 fully saturated rings. The second kappa shape index (κ2) is 10.2. The first-order valence-electron chi connectivity index (χ1n) is 10.6. The summed E-state index contributed by atoms with van der Waals surface area (Å²) < 4.78 is 7.22. The van der Waals surface area contributed by atoms with Gasteiger partial charge in [0.15, 0.2) is 0 Å². The molecule has 2 heterocycles. The van der Waals surface area contributed by atoms with E-state index in [4.69, 9.17) is 16.3 Å². The number of hydrogen-bond donors (Lipinski definition) is 1. The van der Waals surface area contributed by atoms with Crippen molar-refractivity contribution < 1.29 is 9.53 Å². The van der Waals surface area contributed by atoms with E-state index in [0.717, 1.165) is 68.9 Å². The number of nitrogens with zero attached hydrogens (tertiary/aromatic N) is 3. The molecule has 1 aliphatic carbocycles. The Labute approximate surface area is 191 Å². The van der Waals surface area contributed by atoms with Crippen molar-refractivity contribution in [3.8, 4) is 0 Å². The van der Waals surface area contributed by atoms with Gasteiger partial charge in [0, 0.05) is 48.1 Å². The molecule has 0 saturated carbocycles. The first-order valence-corrected chi connectivity index (χ1v) is 12.0. The van der Waals surface area contributed by atoms with Gasteiger partial charge in [0.05, 0.1) is 19.0 Å². The maximum absolute atomic E-state index is 12.8. The highest BCUT2D eigenvalue weighted by molar-refractivity contribution is 8.00. The highest BCUT2D eigenvalue weighted by atomic mass is 35.5. The summed E-state index contributed by atoms with van der Waals surface area (Å²) in [5.41, 5.74) is 3.61. The number of hydrogen-bond acceptors (Lipinski definition) is 6. The number of carbonyl (C=O) groups excluding carboxylic acids is 1. The van der Waals surface area contributed by atoms with Gasteiger partial charge in [0.25, 0.3) is 0 Å². The van der Waals surface area contributed by atoms with Crippen molar-refractivity contribution in [1.29, 1.82) is 0 Å². The SMILES string of the molecule is Cc1ccc(NC(=O)CSc2nc(=O)n(CCN3CCOCC3)c3c2CCC3)cc1Cl. The van der Waals surface area contributed by atoms with E-state index >= 15 is 0 Å². The van der Waals surface area contributed by atoms with Crippen LogP contribution in [0.2, 0.25) is 5.02 Å². The summed E-state index contributed by atoms with van der Waals surface area (Å²) in [6.07, 6.45) is 2.80. The zero-order valence-electron chi connectivity index (χ0n) is 17.7. The Morgan fingerprint density at radius 3 is 2.84 bits per heavy atom. The number of amides is 1. The van der Waals surface area contributed by atoms with Crippen LogP contribution < -0.4 is 11.0 Å². The number of aromatic nitrogens is 2. The Balaban J connectivity index is 1.41. The van der Waals surface area contributed by atoms with Crippen molar-refractivity contribution in [2.24, 2.45) is 0 Å². The molecule has 4 rings (SSSR count). The monoisotopic (exact) mass is 462 g/mol. The minimum atomic E-state index is -0.220. The fraction of sp³-hybridized carbons (Fsp3) is 0.500. The summed E-state index contributed by atoms with van der Waals surface area (Å²) in [6, 6.07) is 5.44. The van der Waals surface area contributed by atoms with Crippen LogP contribution in [0.4, 0.5) is 5.69 Å². The molecule has 1 amide bonds. The Bertz CT molecular complexity index is 1020. The summed E-state index contributed by atoms with van der Waals surface area (Å²) in [5, 5.41) is 4.17. The van der Waals surface area contributed by atoms with Crippen LogP contribution in [-0.2, 0) is 28.9 Å². The molecular formula is C22H27ClN4O3S. The molecule has 7 nitrogen and oxygen atoms in total. The first kappa shape index (κ1) is 22.3. The molecule has 1 aromatic heterocycles. The van der Waals surface area contributed by atoms with Crippen LogP contribution in [0.1, 0.15) is 23.2 Å². The molecule has 0 bridgehead atoms. The second-order valence-corrected chi connectivity index (χ2v) is 9.26. The Hall–Kier alpha value is -1.87. The lowest BCUT2D eigenvalue weighted by molar-refractivity contribution is -0.113. The number of nitrogens with one attached hydrogen (secondary N) is 1. The maximum atomic E-state index is 12.8. The van der Waals surface area contributed by atoms with E-state index in [1.165, 1.54) is 11.8 Å². The van der Waals surface area contributed by atoms with Crippen molar-refractivity contribution in [2.45, 2.75) is 37.8 Å². The fourth-order valence-electron chi connectivity index (χ4n) is 4.00. The highest BCUT2D eigenvalue weighted by Gasteiger charge is 2.23. The van der Waals surface area contributed by atoms with Crippen molar-refractivity contribution in [1.82, 2.24) is 14.5 Å². The normalized spacial score (nSPS) is 16.3. The lowest BCUT2D eigenvalue weighted by Crippen LogP contribution is -2.40. The van der Waals surface area contributed by atoms with Crippen molar-refractivity contribution >= 4 is 35.0 Å². The van der Waals surface area contributed by atoms with Gasteiger partial charge >= 0.3 is 5.69 Å². The largest absolute Gasteiger partial charge is 0.379 e. The van der Waals surface area contributed by atoms with Gasteiger partial charge in [-0.15, -0.1) is 0 Å². The molecule has 166 valence electrons. The van der Waals surface area contributed by atoms with Crippen molar-refractivity contribution in [3.63, 3.8) is 0 Å². The summed E-state index contributed by atoms with van der Waals surface area (Å²) in [4.78, 5) is 31.8. The van der Waals surface area contributed by atoms with Gasteiger partial charge < -0.3 is 10.1 Å². The van der Waals surface area contributed by atoms with Crippen LogP contribution in [0.5, 0.6) is 0 Å². The molecule has 1 aliphatic heterocycles. The molecule has 1 saturated heterocycles. The standard InChI is InChI=1S/C22H27ClN4O3S/c1-15-5-6-16(13-18(15)23)24-20(28)14-31-21-17-3-2-4-19(17)27(22(29)25-21)8-7-26-9-11-30-12-10-26/h5-6,13H,2-4,7-12,14H2,1H3,(H,24,28). The number of ether oxygens (including phenoxy) is 1. The maximum Gasteiger partial charge on any atom is 0.348 e. The average molecular weight is 463 g/mol. The average Bonchev–Trinajstić information content (AvgIpc) is 3.25. The third-order valence-electron chi connectivity index (χ3n) is 5.74. The summed E-state index contributed by atoms with van der Waals surface area (Å²) >= 11 is 7.46. The second-order valence-electron chi connectivity index (χ2n) is 7.88. The van der Waals surface area contributed by atoms with E-state index in [9.17, 15) is 9.59 Å². The van der Waals surface area contributed by atoms with Crippen molar-refractivity contribution in [2.75, 3.05) is 43.9 Å². The van der Waals surface area contributed by atoms with E-state index in [-0.39, 0.29) is 17.3 Å². The number of morpholine rings is 1. The molecule has 1 aromatic carbocycles. The lowest BCUT2D eigenvalue weighted by atomic mass is 10.2. The predicted octanol–water partition coefficient (Wildman–Crippen LogP) is 2.76. The molecule has 9 heteroatoms. The number of carbonyl (C=O) groups is 1. The van der Waals surface area contributed by atoms with Gasteiger partial charge in [-0.1, -0.05) is 29.4 Å². The van der Waals surface area contributed by atoms with Crippen LogP contribution in [0.15, 0.2) is 28.0 Å². The number of aryl methyl sites for hydroxylation is 1. The minimum absolute atomic E-state index is 0.144. The zero-order valence-corrected chi connectivity index (χ0v) is 19.2. The van der Waals surface area contributed by atoms with Crippen LogP contribution in [0.25, 0.3) is 0 Å². The Morgan fingerprint density at radius 2 is 2.06 bits per heavy atom. The van der Waals surface area contributed by atoms with Crippen molar-refractivity contribution in [3.05, 3.63) is 50.5 Å². The van der Waals surface area contributed by atoms with Gasteiger partial charge in [-0.3, -0.25) is 14.3 Å². The Kier molecular flexibility index (Phi) is 7.32. The van der Waals surface area contributed by atoms with Gasteiger partial charge in [-0.05, 0) is 43.9 Å². The molecule has 0 spiro atoms. The predicted molar refractivity (Wildman–Crippen MR) is 123 cm³/mol. The molecular weight excluding hydrogens is 436 g/mol. The number of benzene rings is 1. The number of fused-ring (bicyclic) bond motifs is 1. The minimum Gasteiger partial charge on any atom is -0.379 e. The van der Waals surface area contributed by atoms with Crippen LogP contribution in [-0.4, -0.2) is 59.0 Å².